The zero-order valence-electron chi connectivity index (χ0n) is 10.3. The van der Waals surface area contributed by atoms with Crippen molar-refractivity contribution in [1.29, 1.82) is 0 Å². The average molecular weight is 280 g/mol. The molecular formula is C12H12N2O6. The Morgan fingerprint density at radius 3 is 2.95 bits per heavy atom. The normalized spacial score (nSPS) is 22.2. The highest BCUT2D eigenvalue weighted by molar-refractivity contribution is 5.54. The highest BCUT2D eigenvalue weighted by Gasteiger charge is 2.28. The van der Waals surface area contributed by atoms with Crippen molar-refractivity contribution in [2.45, 2.75) is 12.5 Å². The number of aliphatic hydroxyl groups excluding tert-OH is 1. The van der Waals surface area contributed by atoms with E-state index in [-0.39, 0.29) is 18.8 Å². The number of nitrogens with zero attached hydrogens (tertiary/aromatic N) is 1. The molecule has 0 spiro atoms. The third kappa shape index (κ3) is 2.20. The van der Waals surface area contributed by atoms with Crippen LogP contribution in [0.2, 0.25) is 0 Å². The van der Waals surface area contributed by atoms with Gasteiger partial charge < -0.3 is 19.0 Å². The van der Waals surface area contributed by atoms with E-state index in [1.54, 1.807) is 12.1 Å². The van der Waals surface area contributed by atoms with E-state index in [1.165, 1.54) is 17.0 Å². The van der Waals surface area contributed by atoms with Crippen molar-refractivity contribution in [1.82, 2.24) is 9.55 Å². The molecule has 8 nitrogen and oxygen atoms in total. The molecule has 0 amide bonds. The van der Waals surface area contributed by atoms with Crippen LogP contribution in [-0.2, 0) is 9.47 Å². The second-order valence-electron chi connectivity index (χ2n) is 4.22. The summed E-state index contributed by atoms with van der Waals surface area (Å²) < 4.78 is 16.8. The summed E-state index contributed by atoms with van der Waals surface area (Å²) >= 11 is 0. The lowest BCUT2D eigenvalue weighted by Crippen LogP contribution is -2.34. The largest absolute Gasteiger partial charge is 0.464 e. The Labute approximate surface area is 112 Å². The molecule has 0 aliphatic carbocycles. The number of hydrogen-bond donors (Lipinski definition) is 2. The van der Waals surface area contributed by atoms with Crippen LogP contribution in [0.1, 0.15) is 6.23 Å². The minimum Gasteiger partial charge on any atom is -0.464 e. The molecule has 2 atom stereocenters. The van der Waals surface area contributed by atoms with Crippen LogP contribution in [0.5, 0.6) is 0 Å². The molecule has 2 unspecified atom stereocenters. The number of ether oxygens (including phenoxy) is 2. The first kappa shape index (κ1) is 12.9. The molecule has 0 radical (unpaired) electrons. The molecule has 0 bridgehead atoms. The van der Waals surface area contributed by atoms with Gasteiger partial charge in [0.1, 0.15) is 5.76 Å². The fourth-order valence-electron chi connectivity index (χ4n) is 1.99. The second kappa shape index (κ2) is 5.08. The van der Waals surface area contributed by atoms with Gasteiger partial charge in [-0.25, -0.2) is 4.79 Å². The molecule has 106 valence electrons. The Balaban J connectivity index is 2.02. The monoisotopic (exact) mass is 280 g/mol. The molecule has 1 saturated heterocycles. The Kier molecular flexibility index (Phi) is 3.26. The maximum Gasteiger partial charge on any atom is 0.330 e. The van der Waals surface area contributed by atoms with E-state index in [2.05, 4.69) is 4.98 Å². The molecule has 2 aromatic rings. The summed E-state index contributed by atoms with van der Waals surface area (Å²) in [4.78, 5) is 25.8. The molecule has 3 rings (SSSR count). The zero-order chi connectivity index (χ0) is 14.1. The number of nitrogens with one attached hydrogen (secondary N) is 1. The van der Waals surface area contributed by atoms with Crippen LogP contribution in [-0.4, -0.2) is 34.2 Å². The van der Waals surface area contributed by atoms with Gasteiger partial charge in [-0.15, -0.1) is 0 Å². The Bertz CT molecular complexity index is 701. The first-order valence-corrected chi connectivity index (χ1v) is 5.96. The smallest absolute Gasteiger partial charge is 0.330 e. The number of aromatic nitrogens is 2. The minimum atomic E-state index is -0.772. The van der Waals surface area contributed by atoms with Crippen LogP contribution in [0.3, 0.4) is 0 Å². The summed E-state index contributed by atoms with van der Waals surface area (Å²) in [6.45, 7) is -0.200. The van der Waals surface area contributed by atoms with E-state index in [4.69, 9.17) is 19.0 Å². The van der Waals surface area contributed by atoms with Gasteiger partial charge in [-0.1, -0.05) is 0 Å². The maximum atomic E-state index is 11.8. The van der Waals surface area contributed by atoms with Crippen LogP contribution < -0.4 is 11.2 Å². The molecule has 1 aliphatic rings. The standard InChI is InChI=1S/C12H12N2O6/c15-5-10-19-6-9(20-10)14-4-7(8-2-1-3-18-8)11(16)13-12(14)17/h1-4,9-10,15H,5-6H2,(H,13,16,17). The van der Waals surface area contributed by atoms with Crippen LogP contribution >= 0.6 is 0 Å². The van der Waals surface area contributed by atoms with Gasteiger partial charge >= 0.3 is 5.69 Å². The van der Waals surface area contributed by atoms with Crippen molar-refractivity contribution in [3.63, 3.8) is 0 Å². The lowest BCUT2D eigenvalue weighted by atomic mass is 10.2. The van der Waals surface area contributed by atoms with Crippen molar-refractivity contribution in [2.24, 2.45) is 0 Å². The summed E-state index contributed by atoms with van der Waals surface area (Å²) in [5.74, 6) is 0.345. The topological polar surface area (TPSA) is 107 Å². The quantitative estimate of drug-likeness (QED) is 0.796. The maximum absolute atomic E-state index is 11.8. The van der Waals surface area contributed by atoms with Gasteiger partial charge in [-0.3, -0.25) is 14.3 Å². The van der Waals surface area contributed by atoms with E-state index in [1.807, 2.05) is 0 Å². The van der Waals surface area contributed by atoms with E-state index < -0.39 is 23.8 Å². The summed E-state index contributed by atoms with van der Waals surface area (Å²) in [5.41, 5.74) is -0.943. The molecule has 0 aromatic carbocycles. The van der Waals surface area contributed by atoms with Gasteiger partial charge in [-0.05, 0) is 12.1 Å². The number of hydrogen-bond acceptors (Lipinski definition) is 6. The van der Waals surface area contributed by atoms with Gasteiger partial charge in [0.25, 0.3) is 5.56 Å². The first-order chi connectivity index (χ1) is 9.69. The van der Waals surface area contributed by atoms with Crippen LogP contribution in [0.25, 0.3) is 11.3 Å². The van der Waals surface area contributed by atoms with Gasteiger partial charge in [0.05, 0.1) is 25.0 Å². The molecule has 1 aliphatic heterocycles. The molecule has 3 heterocycles. The predicted octanol–water partition coefficient (Wildman–Crippen LogP) is -0.340. The molecule has 2 aromatic heterocycles. The Morgan fingerprint density at radius 2 is 2.30 bits per heavy atom. The van der Waals surface area contributed by atoms with Crippen LogP contribution in [0.4, 0.5) is 0 Å². The highest BCUT2D eigenvalue weighted by atomic mass is 16.7. The fraction of sp³-hybridized carbons (Fsp3) is 0.333. The molecular weight excluding hydrogens is 268 g/mol. The number of aliphatic hydroxyl groups is 1. The summed E-state index contributed by atoms with van der Waals surface area (Å²) in [7, 11) is 0. The van der Waals surface area contributed by atoms with Crippen LogP contribution in [0.15, 0.2) is 38.6 Å². The molecule has 0 saturated carbocycles. The highest BCUT2D eigenvalue weighted by Crippen LogP contribution is 2.21. The number of rotatable bonds is 3. The van der Waals surface area contributed by atoms with Gasteiger partial charge in [0.2, 0.25) is 0 Å². The van der Waals surface area contributed by atoms with Gasteiger partial charge in [0, 0.05) is 6.20 Å². The van der Waals surface area contributed by atoms with Crippen molar-refractivity contribution in [3.05, 3.63) is 45.4 Å². The first-order valence-electron chi connectivity index (χ1n) is 5.96. The Morgan fingerprint density at radius 1 is 1.45 bits per heavy atom. The Hall–Kier alpha value is -2.16. The van der Waals surface area contributed by atoms with Crippen molar-refractivity contribution < 1.29 is 19.0 Å². The zero-order valence-corrected chi connectivity index (χ0v) is 10.3. The van der Waals surface area contributed by atoms with E-state index >= 15 is 0 Å². The summed E-state index contributed by atoms with van der Waals surface area (Å²) in [5, 5.41) is 8.94. The van der Waals surface area contributed by atoms with E-state index in [0.29, 0.717) is 5.76 Å². The molecule has 1 fully saturated rings. The lowest BCUT2D eigenvalue weighted by molar-refractivity contribution is -0.0992. The van der Waals surface area contributed by atoms with E-state index in [0.717, 1.165) is 0 Å². The third-order valence-electron chi connectivity index (χ3n) is 2.95. The number of aromatic amines is 1. The van der Waals surface area contributed by atoms with Crippen molar-refractivity contribution in [2.75, 3.05) is 13.2 Å². The number of furan rings is 1. The predicted molar refractivity (Wildman–Crippen MR) is 66.0 cm³/mol. The SMILES string of the molecule is O=c1[nH]c(=O)n(C2COC(CO)O2)cc1-c1ccco1. The fourth-order valence-corrected chi connectivity index (χ4v) is 1.99. The third-order valence-corrected chi connectivity index (χ3v) is 2.95. The molecule has 20 heavy (non-hydrogen) atoms. The molecule has 2 N–H and O–H groups in total. The summed E-state index contributed by atoms with van der Waals surface area (Å²) in [6, 6.07) is 3.25. The summed E-state index contributed by atoms with van der Waals surface area (Å²) in [6.07, 6.45) is 1.31. The van der Waals surface area contributed by atoms with Crippen LogP contribution in [0, 0.1) is 0 Å². The molecule has 8 heteroatoms. The van der Waals surface area contributed by atoms with E-state index in [9.17, 15) is 9.59 Å². The second-order valence-corrected chi connectivity index (χ2v) is 4.22. The van der Waals surface area contributed by atoms with Gasteiger partial charge in [0.15, 0.2) is 12.5 Å². The lowest BCUT2D eigenvalue weighted by Gasteiger charge is -2.12. The van der Waals surface area contributed by atoms with Gasteiger partial charge in [-0.2, -0.15) is 0 Å². The number of H-pyrrole nitrogens is 1. The van der Waals surface area contributed by atoms with Crippen molar-refractivity contribution in [3.8, 4) is 11.3 Å². The van der Waals surface area contributed by atoms with Crippen molar-refractivity contribution >= 4 is 0 Å². The average Bonchev–Trinajstić information content (AvgIpc) is 3.09. The minimum absolute atomic E-state index is 0.106.